The van der Waals surface area contributed by atoms with Crippen molar-refractivity contribution in [2.45, 2.75) is 19.3 Å². The molecule has 0 radical (unpaired) electrons. The fraction of sp³-hybridized carbons (Fsp3) is 0.176. The molecule has 0 fully saturated rings. The Kier molecular flexibility index (Phi) is 3.23. The summed E-state index contributed by atoms with van der Waals surface area (Å²) in [6.07, 6.45) is 16.2. The molecule has 0 bridgehead atoms. The molecule has 2 aliphatic carbocycles. The van der Waals surface area contributed by atoms with Crippen molar-refractivity contribution in [1.82, 2.24) is 4.98 Å². The third-order valence-electron chi connectivity index (χ3n) is 3.53. The predicted octanol–water partition coefficient (Wildman–Crippen LogP) is 3.64. The summed E-state index contributed by atoms with van der Waals surface area (Å²) in [5, 5.41) is 0. The fourth-order valence-electron chi connectivity index (χ4n) is 2.51. The minimum atomic E-state index is 0.179. The summed E-state index contributed by atoms with van der Waals surface area (Å²) in [6, 6.07) is 3.85. The zero-order chi connectivity index (χ0) is 13.1. The summed E-state index contributed by atoms with van der Waals surface area (Å²) < 4.78 is 0. The van der Waals surface area contributed by atoms with Gasteiger partial charge in [-0.25, -0.2) is 0 Å². The lowest BCUT2D eigenvalue weighted by Crippen LogP contribution is -2.13. The molecule has 0 amide bonds. The van der Waals surface area contributed by atoms with E-state index >= 15 is 0 Å². The van der Waals surface area contributed by atoms with E-state index in [-0.39, 0.29) is 5.78 Å². The van der Waals surface area contributed by atoms with Crippen LogP contribution in [0.3, 0.4) is 0 Å². The first-order valence-electron chi connectivity index (χ1n) is 6.55. The quantitative estimate of drug-likeness (QED) is 0.711. The highest BCUT2D eigenvalue weighted by molar-refractivity contribution is 6.14. The normalized spacial score (nSPS) is 20.6. The molecule has 0 unspecified atom stereocenters. The molecule has 0 spiro atoms. The van der Waals surface area contributed by atoms with E-state index < -0.39 is 0 Å². The van der Waals surface area contributed by atoms with Gasteiger partial charge in [0.25, 0.3) is 0 Å². The van der Waals surface area contributed by atoms with Gasteiger partial charge in [-0.1, -0.05) is 29.9 Å². The number of allylic oxidation sites excluding steroid dienone is 7. The number of pyridine rings is 1. The average molecular weight is 249 g/mol. The lowest BCUT2D eigenvalue weighted by atomic mass is 9.85. The van der Waals surface area contributed by atoms with E-state index in [9.17, 15) is 4.79 Å². The first-order valence-corrected chi connectivity index (χ1v) is 6.55. The van der Waals surface area contributed by atoms with Crippen LogP contribution in [0.4, 0.5) is 0 Å². The van der Waals surface area contributed by atoms with Crippen LogP contribution in [-0.2, 0) is 4.79 Å². The summed E-state index contributed by atoms with van der Waals surface area (Å²) in [5.41, 5.74) is 4.09. The molecule has 2 heteroatoms. The first kappa shape index (κ1) is 11.8. The molecule has 1 aromatic heterocycles. The predicted molar refractivity (Wildman–Crippen MR) is 76.4 cm³/mol. The van der Waals surface area contributed by atoms with Crippen LogP contribution < -0.4 is 0 Å². The number of nitrogens with zero attached hydrogens (tertiary/aromatic N) is 1. The second-order valence-corrected chi connectivity index (χ2v) is 4.79. The van der Waals surface area contributed by atoms with Gasteiger partial charge in [0.15, 0.2) is 5.78 Å². The van der Waals surface area contributed by atoms with Crippen molar-refractivity contribution in [3.05, 3.63) is 71.1 Å². The van der Waals surface area contributed by atoms with Crippen LogP contribution in [0, 0.1) is 0 Å². The van der Waals surface area contributed by atoms with Crippen LogP contribution >= 0.6 is 0 Å². The Morgan fingerprint density at radius 2 is 1.95 bits per heavy atom. The summed E-state index contributed by atoms with van der Waals surface area (Å²) in [4.78, 5) is 16.5. The zero-order valence-electron chi connectivity index (χ0n) is 10.7. The molecule has 2 nitrogen and oxygen atoms in total. The molecule has 94 valence electrons. The second-order valence-electron chi connectivity index (χ2n) is 4.79. The third kappa shape index (κ3) is 2.48. The standard InChI is InChI=1S/C17H15NO/c19-17-15(12-13-8-10-18-11-9-13)7-6-14-4-2-1-3-5-16(14)17/h1-3,5,8-12H,4,6-7H2. The largest absolute Gasteiger partial charge is 0.289 e. The van der Waals surface area contributed by atoms with Crippen LogP contribution in [0.5, 0.6) is 0 Å². The van der Waals surface area contributed by atoms with Gasteiger partial charge < -0.3 is 0 Å². The van der Waals surface area contributed by atoms with E-state index in [4.69, 9.17) is 0 Å². The highest BCUT2D eigenvalue weighted by Gasteiger charge is 2.22. The zero-order valence-corrected chi connectivity index (χ0v) is 10.7. The van der Waals surface area contributed by atoms with Crippen molar-refractivity contribution in [1.29, 1.82) is 0 Å². The Morgan fingerprint density at radius 3 is 2.79 bits per heavy atom. The molecule has 1 aromatic rings. The SMILES string of the molecule is O=C1C(=Cc2ccncc2)CCC2=C1C=CC=CC2. The number of Topliss-reactive ketones (excluding diaryl/α,β-unsaturated/α-hetero) is 1. The third-order valence-corrected chi connectivity index (χ3v) is 3.53. The van der Waals surface area contributed by atoms with Crippen LogP contribution in [0.1, 0.15) is 24.8 Å². The maximum atomic E-state index is 12.5. The topological polar surface area (TPSA) is 30.0 Å². The summed E-state index contributed by atoms with van der Waals surface area (Å²) in [5.74, 6) is 0.179. The molecule has 0 atom stereocenters. The Labute approximate surface area is 112 Å². The Morgan fingerprint density at radius 1 is 1.11 bits per heavy atom. The first-order chi connectivity index (χ1) is 9.34. The van der Waals surface area contributed by atoms with Gasteiger partial charge in [0.2, 0.25) is 0 Å². The molecule has 1 heterocycles. The maximum Gasteiger partial charge on any atom is 0.189 e. The molecule has 0 N–H and O–H groups in total. The number of ketones is 1. The Bertz CT molecular complexity index is 618. The molecular weight excluding hydrogens is 234 g/mol. The number of hydrogen-bond donors (Lipinski definition) is 0. The van der Waals surface area contributed by atoms with Gasteiger partial charge in [-0.2, -0.15) is 0 Å². The lowest BCUT2D eigenvalue weighted by Gasteiger charge is -2.18. The summed E-state index contributed by atoms with van der Waals surface area (Å²) in [7, 11) is 0. The number of carbonyl (C=O) groups excluding carboxylic acids is 1. The van der Waals surface area contributed by atoms with E-state index in [1.807, 2.05) is 36.4 Å². The van der Waals surface area contributed by atoms with Crippen LogP contribution in [0.25, 0.3) is 6.08 Å². The monoisotopic (exact) mass is 249 g/mol. The highest BCUT2D eigenvalue weighted by Crippen LogP contribution is 2.31. The molecule has 0 saturated carbocycles. The van der Waals surface area contributed by atoms with Crippen molar-refractivity contribution in [3.8, 4) is 0 Å². The van der Waals surface area contributed by atoms with Gasteiger partial charge in [0.1, 0.15) is 0 Å². The van der Waals surface area contributed by atoms with Gasteiger partial charge in [-0.3, -0.25) is 9.78 Å². The van der Waals surface area contributed by atoms with Gasteiger partial charge in [-0.15, -0.1) is 0 Å². The van der Waals surface area contributed by atoms with Gasteiger partial charge in [0, 0.05) is 23.5 Å². The van der Waals surface area contributed by atoms with Crippen LogP contribution in [0.2, 0.25) is 0 Å². The van der Waals surface area contributed by atoms with E-state index in [1.54, 1.807) is 12.4 Å². The van der Waals surface area contributed by atoms with Crippen molar-refractivity contribution >= 4 is 11.9 Å². The van der Waals surface area contributed by atoms with Crippen LogP contribution in [0.15, 0.2) is 65.5 Å². The lowest BCUT2D eigenvalue weighted by molar-refractivity contribution is -0.112. The summed E-state index contributed by atoms with van der Waals surface area (Å²) >= 11 is 0. The molecule has 19 heavy (non-hydrogen) atoms. The number of rotatable bonds is 1. The molecule has 0 saturated heterocycles. The van der Waals surface area contributed by atoms with Gasteiger partial charge in [-0.05, 0) is 43.0 Å². The van der Waals surface area contributed by atoms with Crippen molar-refractivity contribution < 1.29 is 4.79 Å². The van der Waals surface area contributed by atoms with Crippen molar-refractivity contribution in [2.75, 3.05) is 0 Å². The minimum Gasteiger partial charge on any atom is -0.289 e. The molecule has 2 aliphatic rings. The minimum absolute atomic E-state index is 0.179. The second kappa shape index (κ2) is 5.19. The van der Waals surface area contributed by atoms with E-state index in [0.29, 0.717) is 0 Å². The van der Waals surface area contributed by atoms with Crippen LogP contribution in [-0.4, -0.2) is 10.8 Å². The average Bonchev–Trinajstić information content (AvgIpc) is 2.69. The maximum absolute atomic E-state index is 12.5. The fourth-order valence-corrected chi connectivity index (χ4v) is 2.51. The highest BCUT2D eigenvalue weighted by atomic mass is 16.1. The molecule has 3 rings (SSSR count). The van der Waals surface area contributed by atoms with E-state index in [0.717, 1.165) is 36.0 Å². The molecular formula is C17H15NO. The van der Waals surface area contributed by atoms with Crippen molar-refractivity contribution in [3.63, 3.8) is 0 Å². The van der Waals surface area contributed by atoms with E-state index in [1.165, 1.54) is 5.57 Å². The smallest absolute Gasteiger partial charge is 0.189 e. The van der Waals surface area contributed by atoms with Gasteiger partial charge in [0.05, 0.1) is 0 Å². The van der Waals surface area contributed by atoms with Gasteiger partial charge >= 0.3 is 0 Å². The van der Waals surface area contributed by atoms with E-state index in [2.05, 4.69) is 11.1 Å². The van der Waals surface area contributed by atoms with Crippen molar-refractivity contribution in [2.24, 2.45) is 0 Å². The molecule has 0 aliphatic heterocycles. The number of hydrogen-bond acceptors (Lipinski definition) is 2. The summed E-state index contributed by atoms with van der Waals surface area (Å²) in [6.45, 7) is 0. The Balaban J connectivity index is 1.94. The number of aromatic nitrogens is 1. The number of carbonyl (C=O) groups is 1. The molecule has 0 aromatic carbocycles. The Hall–Kier alpha value is -2.22.